The Balaban J connectivity index is 0.000000230. The lowest BCUT2D eigenvalue weighted by Gasteiger charge is -2.02. The molecule has 0 aliphatic rings. The standard InChI is InChI=1S/C17H14N4O2.C7H6Cl2/c1-10-6-15(21-23-10)17(22)19-8-11-7-13-12-4-2-3-5-14(12)20-16(13)9-18-11;1-5-4-6(8)2-3-7(5)9/h2-7,9,20H,8H2,1H3,(H,19,22);2-4H,1H3. The number of carbonyl (C=O) groups excluding carboxylic acids is 1. The molecular weight excluding hydrogens is 447 g/mol. The first-order valence-electron chi connectivity index (χ1n) is 9.89. The smallest absolute Gasteiger partial charge is 0.273 e. The van der Waals surface area contributed by atoms with E-state index < -0.39 is 0 Å². The molecule has 5 rings (SSSR count). The lowest BCUT2D eigenvalue weighted by Crippen LogP contribution is -2.23. The summed E-state index contributed by atoms with van der Waals surface area (Å²) in [4.78, 5) is 19.7. The highest BCUT2D eigenvalue weighted by atomic mass is 35.5. The zero-order valence-corrected chi connectivity index (χ0v) is 19.0. The van der Waals surface area contributed by atoms with E-state index in [0.717, 1.165) is 43.1 Å². The molecule has 0 unspecified atom stereocenters. The van der Waals surface area contributed by atoms with E-state index >= 15 is 0 Å². The number of pyridine rings is 1. The fourth-order valence-electron chi connectivity index (χ4n) is 3.23. The third kappa shape index (κ3) is 4.93. The van der Waals surface area contributed by atoms with E-state index in [2.05, 4.69) is 26.5 Å². The SMILES string of the molecule is Cc1cc(C(=O)NCc2cc3c(cn2)[nH]c2ccccc23)no1.Cc1cc(Cl)ccc1Cl. The minimum Gasteiger partial charge on any atom is -0.361 e. The molecule has 0 aliphatic carbocycles. The predicted octanol–water partition coefficient (Wildman–Crippen LogP) is 6.24. The van der Waals surface area contributed by atoms with Gasteiger partial charge in [0.05, 0.1) is 24.0 Å². The van der Waals surface area contributed by atoms with Crippen LogP contribution < -0.4 is 5.32 Å². The molecule has 32 heavy (non-hydrogen) atoms. The highest BCUT2D eigenvalue weighted by Crippen LogP contribution is 2.25. The van der Waals surface area contributed by atoms with Gasteiger partial charge >= 0.3 is 0 Å². The number of carbonyl (C=O) groups is 1. The first kappa shape index (κ1) is 21.9. The molecule has 8 heteroatoms. The minimum atomic E-state index is -0.275. The Hall–Kier alpha value is -3.35. The number of para-hydroxylation sites is 1. The van der Waals surface area contributed by atoms with Crippen LogP contribution in [-0.4, -0.2) is 21.0 Å². The second-order valence-electron chi connectivity index (χ2n) is 7.29. The number of aryl methyl sites for hydroxylation is 2. The summed E-state index contributed by atoms with van der Waals surface area (Å²) in [5, 5.41) is 10.2. The Morgan fingerprint density at radius 1 is 1.03 bits per heavy atom. The maximum atomic E-state index is 12.0. The predicted molar refractivity (Wildman–Crippen MR) is 127 cm³/mol. The van der Waals surface area contributed by atoms with Crippen LogP contribution >= 0.6 is 23.2 Å². The van der Waals surface area contributed by atoms with Crippen LogP contribution in [0.5, 0.6) is 0 Å². The number of rotatable bonds is 3. The lowest BCUT2D eigenvalue weighted by molar-refractivity contribution is 0.0941. The molecule has 0 saturated heterocycles. The number of aromatic nitrogens is 3. The highest BCUT2D eigenvalue weighted by Gasteiger charge is 2.11. The zero-order valence-electron chi connectivity index (χ0n) is 17.4. The minimum absolute atomic E-state index is 0.274. The summed E-state index contributed by atoms with van der Waals surface area (Å²) in [5.74, 6) is 0.330. The Labute approximate surface area is 194 Å². The Morgan fingerprint density at radius 3 is 2.56 bits per heavy atom. The number of amides is 1. The average Bonchev–Trinajstić information content (AvgIpc) is 3.38. The molecule has 0 atom stereocenters. The van der Waals surface area contributed by atoms with Crippen molar-refractivity contribution in [3.63, 3.8) is 0 Å². The highest BCUT2D eigenvalue weighted by molar-refractivity contribution is 6.33. The molecule has 3 heterocycles. The monoisotopic (exact) mass is 466 g/mol. The van der Waals surface area contributed by atoms with Crippen LogP contribution in [0.3, 0.4) is 0 Å². The van der Waals surface area contributed by atoms with Gasteiger partial charge in [-0.1, -0.05) is 46.6 Å². The van der Waals surface area contributed by atoms with Crippen LogP contribution in [0, 0.1) is 13.8 Å². The Bertz CT molecular complexity index is 1410. The third-order valence-corrected chi connectivity index (χ3v) is 5.52. The molecule has 5 aromatic rings. The molecule has 6 nitrogen and oxygen atoms in total. The normalized spacial score (nSPS) is 10.8. The van der Waals surface area contributed by atoms with Gasteiger partial charge in [-0.25, -0.2) is 0 Å². The summed E-state index contributed by atoms with van der Waals surface area (Å²) in [6.45, 7) is 4.00. The fourth-order valence-corrected chi connectivity index (χ4v) is 3.58. The van der Waals surface area contributed by atoms with Crippen molar-refractivity contribution in [3.8, 4) is 0 Å². The summed E-state index contributed by atoms with van der Waals surface area (Å²) in [5.41, 5.74) is 4.13. The molecule has 2 aromatic carbocycles. The van der Waals surface area contributed by atoms with Gasteiger partial charge in [-0.3, -0.25) is 9.78 Å². The summed E-state index contributed by atoms with van der Waals surface area (Å²) < 4.78 is 4.90. The number of H-pyrrole nitrogens is 1. The van der Waals surface area contributed by atoms with Crippen molar-refractivity contribution in [1.82, 2.24) is 20.4 Å². The maximum absolute atomic E-state index is 12.0. The molecule has 0 bridgehead atoms. The number of hydrogen-bond acceptors (Lipinski definition) is 4. The van der Waals surface area contributed by atoms with E-state index in [-0.39, 0.29) is 11.6 Å². The first-order chi connectivity index (χ1) is 15.4. The van der Waals surface area contributed by atoms with Crippen molar-refractivity contribution in [1.29, 1.82) is 0 Å². The van der Waals surface area contributed by atoms with Gasteiger partial charge in [0.15, 0.2) is 5.69 Å². The number of nitrogens with zero attached hydrogens (tertiary/aromatic N) is 2. The molecule has 3 aromatic heterocycles. The lowest BCUT2D eigenvalue weighted by atomic mass is 10.1. The van der Waals surface area contributed by atoms with Gasteiger partial charge < -0.3 is 14.8 Å². The molecule has 0 aliphatic heterocycles. The van der Waals surface area contributed by atoms with E-state index in [1.54, 1.807) is 31.3 Å². The molecule has 0 spiro atoms. The van der Waals surface area contributed by atoms with Gasteiger partial charge in [-0.2, -0.15) is 0 Å². The van der Waals surface area contributed by atoms with Crippen molar-refractivity contribution >= 4 is 50.9 Å². The average molecular weight is 467 g/mol. The molecule has 0 fully saturated rings. The van der Waals surface area contributed by atoms with E-state index in [1.807, 2.05) is 37.3 Å². The summed E-state index contributed by atoms with van der Waals surface area (Å²) in [6, 6.07) is 17.1. The second-order valence-corrected chi connectivity index (χ2v) is 8.13. The molecular formula is C24H20Cl2N4O2. The summed E-state index contributed by atoms with van der Waals surface area (Å²) in [6.07, 6.45) is 1.79. The van der Waals surface area contributed by atoms with Crippen LogP contribution in [0.25, 0.3) is 21.8 Å². The van der Waals surface area contributed by atoms with E-state index in [9.17, 15) is 4.79 Å². The molecule has 1 amide bonds. The summed E-state index contributed by atoms with van der Waals surface area (Å²) in [7, 11) is 0. The van der Waals surface area contributed by atoms with Gasteiger partial charge in [0.1, 0.15) is 5.76 Å². The number of fused-ring (bicyclic) bond motifs is 3. The van der Waals surface area contributed by atoms with Crippen LogP contribution in [0.4, 0.5) is 0 Å². The van der Waals surface area contributed by atoms with Gasteiger partial charge in [-0.05, 0) is 49.7 Å². The molecule has 0 saturated carbocycles. The van der Waals surface area contributed by atoms with Crippen molar-refractivity contribution in [2.24, 2.45) is 0 Å². The van der Waals surface area contributed by atoms with Crippen LogP contribution in [0.15, 0.2) is 65.3 Å². The van der Waals surface area contributed by atoms with Gasteiger partial charge in [-0.15, -0.1) is 0 Å². The van der Waals surface area contributed by atoms with Gasteiger partial charge in [0, 0.05) is 32.4 Å². The number of nitrogens with one attached hydrogen (secondary N) is 2. The Morgan fingerprint density at radius 2 is 1.84 bits per heavy atom. The van der Waals surface area contributed by atoms with Crippen LogP contribution in [0.1, 0.15) is 27.5 Å². The number of benzene rings is 2. The molecule has 0 radical (unpaired) electrons. The van der Waals surface area contributed by atoms with Crippen molar-refractivity contribution < 1.29 is 9.32 Å². The van der Waals surface area contributed by atoms with Crippen molar-refractivity contribution in [2.45, 2.75) is 20.4 Å². The van der Waals surface area contributed by atoms with Crippen molar-refractivity contribution in [3.05, 3.63) is 93.6 Å². The number of halogens is 2. The fraction of sp³-hybridized carbons (Fsp3) is 0.125. The molecule has 162 valence electrons. The number of hydrogen-bond donors (Lipinski definition) is 2. The van der Waals surface area contributed by atoms with E-state index in [0.29, 0.717) is 12.3 Å². The molecule has 2 N–H and O–H groups in total. The quantitative estimate of drug-likeness (QED) is 0.329. The topological polar surface area (TPSA) is 83.8 Å². The van der Waals surface area contributed by atoms with Crippen LogP contribution in [0.2, 0.25) is 10.0 Å². The van der Waals surface area contributed by atoms with Gasteiger partial charge in [0.2, 0.25) is 0 Å². The largest absolute Gasteiger partial charge is 0.361 e. The van der Waals surface area contributed by atoms with Gasteiger partial charge in [0.25, 0.3) is 5.91 Å². The zero-order chi connectivity index (χ0) is 22.7. The second kappa shape index (κ2) is 9.42. The van der Waals surface area contributed by atoms with E-state index in [1.165, 1.54) is 0 Å². The Kier molecular flexibility index (Phi) is 6.44. The van der Waals surface area contributed by atoms with Crippen LogP contribution in [-0.2, 0) is 6.54 Å². The maximum Gasteiger partial charge on any atom is 0.273 e. The van der Waals surface area contributed by atoms with Crippen molar-refractivity contribution in [2.75, 3.05) is 0 Å². The summed E-state index contributed by atoms with van der Waals surface area (Å²) >= 11 is 11.4. The first-order valence-corrected chi connectivity index (χ1v) is 10.6. The third-order valence-electron chi connectivity index (χ3n) is 4.86. The van der Waals surface area contributed by atoms with E-state index in [4.69, 9.17) is 27.7 Å². The number of aromatic amines is 1.